The minimum Gasteiger partial charge on any atom is -0.348 e. The number of nitrogens with zero attached hydrogens (tertiary/aromatic N) is 3. The molecule has 0 aliphatic heterocycles. The van der Waals surface area contributed by atoms with Gasteiger partial charge in [-0.3, -0.25) is 23.7 Å². The molecule has 7 nitrogen and oxygen atoms in total. The Hall–Kier alpha value is -4.14. The molecular formula is C23H18F2N4O3. The highest BCUT2D eigenvalue weighted by molar-refractivity contribution is 5.97. The lowest BCUT2D eigenvalue weighted by Gasteiger charge is -2.12. The monoisotopic (exact) mass is 436 g/mol. The normalized spacial score (nSPS) is 11.0. The summed E-state index contributed by atoms with van der Waals surface area (Å²) in [5.74, 6) is -2.48. The fourth-order valence-electron chi connectivity index (χ4n) is 3.40. The minimum atomic E-state index is -1.07. The number of fused-ring (bicyclic) bond motifs is 1. The van der Waals surface area contributed by atoms with E-state index >= 15 is 0 Å². The molecule has 2 aromatic heterocycles. The molecule has 32 heavy (non-hydrogen) atoms. The number of nitrogens with one attached hydrogen (secondary N) is 1. The second-order valence-electron chi connectivity index (χ2n) is 7.26. The van der Waals surface area contributed by atoms with Gasteiger partial charge in [0.15, 0.2) is 11.6 Å². The molecule has 162 valence electrons. The Morgan fingerprint density at radius 1 is 1.03 bits per heavy atom. The molecule has 4 rings (SSSR count). The van der Waals surface area contributed by atoms with Crippen molar-refractivity contribution in [3.05, 3.63) is 110 Å². The number of hydrogen-bond acceptors (Lipinski definition) is 4. The van der Waals surface area contributed by atoms with E-state index in [9.17, 15) is 23.2 Å². The van der Waals surface area contributed by atoms with Gasteiger partial charge in [-0.25, -0.2) is 13.6 Å². The first-order chi connectivity index (χ1) is 15.3. The van der Waals surface area contributed by atoms with Crippen LogP contribution >= 0.6 is 0 Å². The van der Waals surface area contributed by atoms with Gasteiger partial charge in [-0.1, -0.05) is 12.1 Å². The van der Waals surface area contributed by atoms with Crippen LogP contribution in [0.5, 0.6) is 0 Å². The Morgan fingerprint density at radius 3 is 2.56 bits per heavy atom. The third-order valence-electron chi connectivity index (χ3n) is 5.11. The molecule has 4 aromatic rings. The maximum atomic E-state index is 13.6. The molecule has 0 bridgehead atoms. The summed E-state index contributed by atoms with van der Waals surface area (Å²) in [4.78, 5) is 42.3. The van der Waals surface area contributed by atoms with E-state index in [1.165, 1.54) is 35.9 Å². The van der Waals surface area contributed by atoms with E-state index in [1.807, 2.05) is 6.07 Å². The van der Waals surface area contributed by atoms with Crippen molar-refractivity contribution in [2.45, 2.75) is 13.1 Å². The van der Waals surface area contributed by atoms with E-state index in [0.717, 1.165) is 22.3 Å². The van der Waals surface area contributed by atoms with E-state index in [1.54, 1.807) is 18.5 Å². The lowest BCUT2D eigenvalue weighted by molar-refractivity contribution is 0.0951. The van der Waals surface area contributed by atoms with Crippen molar-refractivity contribution in [1.82, 2.24) is 19.4 Å². The smallest absolute Gasteiger partial charge is 0.331 e. The van der Waals surface area contributed by atoms with Crippen LogP contribution in [0.3, 0.4) is 0 Å². The molecule has 1 N–H and O–H groups in total. The first-order valence-corrected chi connectivity index (χ1v) is 9.70. The van der Waals surface area contributed by atoms with E-state index in [-0.39, 0.29) is 29.6 Å². The number of benzene rings is 2. The van der Waals surface area contributed by atoms with Gasteiger partial charge in [0, 0.05) is 31.5 Å². The lowest BCUT2D eigenvalue weighted by atomic mass is 10.1. The highest BCUT2D eigenvalue weighted by Crippen LogP contribution is 2.13. The summed E-state index contributed by atoms with van der Waals surface area (Å²) in [6, 6.07) is 11.2. The average molecular weight is 436 g/mol. The van der Waals surface area contributed by atoms with Crippen molar-refractivity contribution in [3.8, 4) is 0 Å². The topological polar surface area (TPSA) is 86.0 Å². The van der Waals surface area contributed by atoms with Crippen molar-refractivity contribution < 1.29 is 13.6 Å². The van der Waals surface area contributed by atoms with E-state index in [4.69, 9.17) is 0 Å². The van der Waals surface area contributed by atoms with Crippen LogP contribution in [0.4, 0.5) is 8.78 Å². The molecule has 9 heteroatoms. The predicted octanol–water partition coefficient (Wildman–Crippen LogP) is 2.35. The van der Waals surface area contributed by atoms with Gasteiger partial charge in [0.25, 0.3) is 11.5 Å². The molecule has 0 fully saturated rings. The quantitative estimate of drug-likeness (QED) is 0.521. The van der Waals surface area contributed by atoms with Gasteiger partial charge in [0.2, 0.25) is 0 Å². The van der Waals surface area contributed by atoms with Gasteiger partial charge in [-0.05, 0) is 47.5 Å². The van der Waals surface area contributed by atoms with Gasteiger partial charge in [-0.2, -0.15) is 0 Å². The summed E-state index contributed by atoms with van der Waals surface area (Å²) in [6.45, 7) is 0.0222. The summed E-state index contributed by atoms with van der Waals surface area (Å²) in [6.07, 6.45) is 3.26. The molecule has 2 aromatic carbocycles. The van der Waals surface area contributed by atoms with Gasteiger partial charge in [0.1, 0.15) is 0 Å². The van der Waals surface area contributed by atoms with Crippen molar-refractivity contribution in [2.75, 3.05) is 0 Å². The number of rotatable bonds is 5. The Kier molecular flexibility index (Phi) is 5.63. The summed E-state index contributed by atoms with van der Waals surface area (Å²) in [5, 5.41) is 2.91. The molecule has 0 radical (unpaired) electrons. The fourth-order valence-corrected chi connectivity index (χ4v) is 3.40. The highest BCUT2D eigenvalue weighted by atomic mass is 19.2. The van der Waals surface area contributed by atoms with E-state index in [0.29, 0.717) is 5.52 Å². The molecule has 0 saturated heterocycles. The lowest BCUT2D eigenvalue weighted by Crippen LogP contribution is -2.39. The number of aryl methyl sites for hydroxylation is 1. The molecule has 0 aliphatic carbocycles. The maximum Gasteiger partial charge on any atom is 0.331 e. The number of hydrogen-bond donors (Lipinski definition) is 1. The second kappa shape index (κ2) is 8.54. The van der Waals surface area contributed by atoms with Crippen LogP contribution in [0.15, 0.2) is 70.5 Å². The fraction of sp³-hybridized carbons (Fsp3) is 0.130. The first-order valence-electron chi connectivity index (χ1n) is 9.70. The van der Waals surface area contributed by atoms with E-state index in [2.05, 4.69) is 10.3 Å². The third-order valence-corrected chi connectivity index (χ3v) is 5.11. The SMILES string of the molecule is Cn1c(=O)n(Cc2ccc(F)c(F)c2)c(=O)c2cc(C(=O)NCc3cccnc3)ccc21. The summed E-state index contributed by atoms with van der Waals surface area (Å²) < 4.78 is 29.0. The Morgan fingerprint density at radius 2 is 1.84 bits per heavy atom. The number of aromatic nitrogens is 3. The molecular weight excluding hydrogens is 418 g/mol. The highest BCUT2D eigenvalue weighted by Gasteiger charge is 2.15. The maximum absolute atomic E-state index is 13.6. The van der Waals surface area contributed by atoms with Crippen LogP contribution in [0.1, 0.15) is 21.5 Å². The standard InChI is InChI=1S/C23H18F2N4O3/c1-28-20-7-5-16(21(30)27-12-15-3-2-8-26-11-15)10-17(20)22(31)29(23(28)32)13-14-4-6-18(24)19(25)9-14/h2-11H,12-13H2,1H3,(H,27,30). The summed E-state index contributed by atoms with van der Waals surface area (Å²) in [7, 11) is 1.49. The number of halogens is 2. The van der Waals surface area contributed by atoms with Crippen molar-refractivity contribution >= 4 is 16.8 Å². The van der Waals surface area contributed by atoms with Crippen molar-refractivity contribution in [3.63, 3.8) is 0 Å². The Bertz CT molecular complexity index is 1450. The predicted molar refractivity (Wildman–Crippen MR) is 114 cm³/mol. The largest absolute Gasteiger partial charge is 0.348 e. The van der Waals surface area contributed by atoms with Crippen LogP contribution < -0.4 is 16.6 Å². The zero-order valence-corrected chi connectivity index (χ0v) is 17.0. The van der Waals surface area contributed by atoms with Gasteiger partial charge in [0.05, 0.1) is 17.4 Å². The number of pyridine rings is 1. The zero-order valence-electron chi connectivity index (χ0n) is 17.0. The van der Waals surface area contributed by atoms with E-state index < -0.39 is 28.8 Å². The van der Waals surface area contributed by atoms with Crippen LogP contribution in [0, 0.1) is 11.6 Å². The summed E-state index contributed by atoms with van der Waals surface area (Å²) >= 11 is 0. The van der Waals surface area contributed by atoms with Gasteiger partial charge >= 0.3 is 5.69 Å². The van der Waals surface area contributed by atoms with Crippen molar-refractivity contribution in [1.29, 1.82) is 0 Å². The van der Waals surface area contributed by atoms with Crippen LogP contribution in [0.25, 0.3) is 10.9 Å². The first kappa shape index (κ1) is 21.1. The molecule has 0 aliphatic rings. The molecule has 0 atom stereocenters. The number of carbonyl (C=O) groups is 1. The van der Waals surface area contributed by atoms with Gasteiger partial charge in [-0.15, -0.1) is 0 Å². The third kappa shape index (κ3) is 4.04. The number of carbonyl (C=O) groups excluding carboxylic acids is 1. The van der Waals surface area contributed by atoms with Crippen LogP contribution in [-0.4, -0.2) is 20.0 Å². The second-order valence-corrected chi connectivity index (χ2v) is 7.26. The van der Waals surface area contributed by atoms with Crippen molar-refractivity contribution in [2.24, 2.45) is 7.05 Å². The number of amides is 1. The molecule has 0 saturated carbocycles. The minimum absolute atomic E-state index is 0.156. The van der Waals surface area contributed by atoms with Crippen LogP contribution in [0.2, 0.25) is 0 Å². The molecule has 1 amide bonds. The average Bonchev–Trinajstić information content (AvgIpc) is 2.81. The molecule has 0 spiro atoms. The summed E-state index contributed by atoms with van der Waals surface area (Å²) in [5.41, 5.74) is 0.434. The molecule has 0 unspecified atom stereocenters. The molecule has 2 heterocycles. The van der Waals surface area contributed by atoms with Crippen LogP contribution in [-0.2, 0) is 20.1 Å². The Balaban J connectivity index is 1.70. The van der Waals surface area contributed by atoms with Gasteiger partial charge < -0.3 is 5.32 Å². The zero-order chi connectivity index (χ0) is 22.8. The Labute approximate surface area is 180 Å².